The molecular weight excluding hydrogens is 272 g/mol. The number of hydrogen-bond acceptors (Lipinski definition) is 7. The molecule has 0 aliphatic heterocycles. The molecule has 7 nitrogen and oxygen atoms in total. The summed E-state index contributed by atoms with van der Waals surface area (Å²) in [6.07, 6.45) is 6.37. The summed E-state index contributed by atoms with van der Waals surface area (Å²) in [5.41, 5.74) is 3.57. The summed E-state index contributed by atoms with van der Waals surface area (Å²) in [7, 11) is 4.69. The third-order valence-corrected chi connectivity index (χ3v) is 2.64. The molecule has 7 heteroatoms. The predicted molar refractivity (Wildman–Crippen MR) is 79.3 cm³/mol. The molecule has 0 radical (unpaired) electrons. The number of nitrogens with one attached hydrogen (secondary N) is 1. The van der Waals surface area contributed by atoms with Crippen LogP contribution in [0.4, 0.5) is 5.82 Å². The van der Waals surface area contributed by atoms with Gasteiger partial charge in [0, 0.05) is 18.0 Å². The van der Waals surface area contributed by atoms with Crippen LogP contribution in [-0.4, -0.2) is 37.5 Å². The van der Waals surface area contributed by atoms with Crippen molar-refractivity contribution in [2.24, 2.45) is 5.10 Å². The van der Waals surface area contributed by atoms with Crippen LogP contribution in [0.15, 0.2) is 35.8 Å². The van der Waals surface area contributed by atoms with Gasteiger partial charge in [-0.05, 0) is 12.1 Å². The summed E-state index contributed by atoms with van der Waals surface area (Å²) in [5, 5.41) is 4.09. The van der Waals surface area contributed by atoms with Gasteiger partial charge >= 0.3 is 0 Å². The second kappa shape index (κ2) is 7.09. The molecule has 1 N–H and O–H groups in total. The number of methoxy groups -OCH3 is 3. The first-order valence-corrected chi connectivity index (χ1v) is 6.13. The lowest BCUT2D eigenvalue weighted by molar-refractivity contribution is 0.324. The summed E-state index contributed by atoms with van der Waals surface area (Å²) in [6, 6.07) is 3.59. The van der Waals surface area contributed by atoms with Crippen molar-refractivity contribution in [3.05, 3.63) is 36.3 Å². The number of hydrazone groups is 1. The van der Waals surface area contributed by atoms with Gasteiger partial charge in [-0.1, -0.05) is 0 Å². The highest BCUT2D eigenvalue weighted by atomic mass is 16.5. The van der Waals surface area contributed by atoms with Crippen LogP contribution < -0.4 is 19.6 Å². The van der Waals surface area contributed by atoms with Crippen molar-refractivity contribution in [3.63, 3.8) is 0 Å². The van der Waals surface area contributed by atoms with E-state index in [1.807, 2.05) is 0 Å². The van der Waals surface area contributed by atoms with E-state index in [1.54, 1.807) is 58.3 Å². The molecule has 0 unspecified atom stereocenters. The van der Waals surface area contributed by atoms with E-state index in [9.17, 15) is 0 Å². The fourth-order valence-corrected chi connectivity index (χ4v) is 1.71. The van der Waals surface area contributed by atoms with Crippen molar-refractivity contribution in [1.29, 1.82) is 0 Å². The van der Waals surface area contributed by atoms with Crippen LogP contribution in [-0.2, 0) is 0 Å². The number of benzene rings is 1. The number of hydrogen-bond donors (Lipinski definition) is 1. The van der Waals surface area contributed by atoms with E-state index in [4.69, 9.17) is 14.2 Å². The van der Waals surface area contributed by atoms with Gasteiger partial charge in [0.25, 0.3) is 0 Å². The third-order valence-electron chi connectivity index (χ3n) is 2.64. The molecule has 110 valence electrons. The number of anilines is 1. The summed E-state index contributed by atoms with van der Waals surface area (Å²) in [4.78, 5) is 7.98. The summed E-state index contributed by atoms with van der Waals surface area (Å²) < 4.78 is 15.8. The van der Waals surface area contributed by atoms with Crippen LogP contribution in [0, 0.1) is 0 Å². The summed E-state index contributed by atoms with van der Waals surface area (Å²) in [6.45, 7) is 0. The van der Waals surface area contributed by atoms with Gasteiger partial charge in [-0.25, -0.2) is 4.98 Å². The number of ether oxygens (including phenoxy) is 3. The van der Waals surface area contributed by atoms with Crippen molar-refractivity contribution >= 4 is 12.0 Å². The molecule has 1 aromatic heterocycles. The Balaban J connectivity index is 2.20. The molecule has 0 saturated heterocycles. The summed E-state index contributed by atoms with van der Waals surface area (Å²) in [5.74, 6) is 2.23. The monoisotopic (exact) mass is 288 g/mol. The summed E-state index contributed by atoms with van der Waals surface area (Å²) >= 11 is 0. The molecule has 0 fully saturated rings. The van der Waals surface area contributed by atoms with Crippen molar-refractivity contribution in [2.75, 3.05) is 26.8 Å². The van der Waals surface area contributed by atoms with Gasteiger partial charge in [-0.3, -0.25) is 10.4 Å². The fraction of sp³-hybridized carbons (Fsp3) is 0.214. The molecule has 2 aromatic rings. The average Bonchev–Trinajstić information content (AvgIpc) is 2.54. The first-order valence-electron chi connectivity index (χ1n) is 6.13. The highest BCUT2D eigenvalue weighted by Crippen LogP contribution is 2.37. The van der Waals surface area contributed by atoms with Crippen LogP contribution in [0.3, 0.4) is 0 Å². The molecule has 0 aliphatic rings. The van der Waals surface area contributed by atoms with Gasteiger partial charge in [-0.15, -0.1) is 0 Å². The van der Waals surface area contributed by atoms with Gasteiger partial charge in [0.2, 0.25) is 5.75 Å². The first kappa shape index (κ1) is 14.6. The second-order valence-electron chi connectivity index (χ2n) is 3.92. The lowest BCUT2D eigenvalue weighted by Crippen LogP contribution is -1.98. The Morgan fingerprint density at radius 2 is 1.76 bits per heavy atom. The molecule has 2 rings (SSSR count). The van der Waals surface area contributed by atoms with E-state index in [0.29, 0.717) is 23.1 Å². The topological polar surface area (TPSA) is 77.9 Å². The van der Waals surface area contributed by atoms with E-state index in [1.165, 1.54) is 0 Å². The molecule has 0 bridgehead atoms. The number of nitrogens with zero attached hydrogens (tertiary/aromatic N) is 3. The van der Waals surface area contributed by atoms with E-state index in [2.05, 4.69) is 20.5 Å². The predicted octanol–water partition coefficient (Wildman–Crippen LogP) is 1.95. The van der Waals surface area contributed by atoms with Gasteiger partial charge in [0.1, 0.15) is 0 Å². The standard InChI is InChI=1S/C14H16N4O3/c1-19-11-6-10(7-12(20-2)14(11)21-3)8-17-18-13-9-15-4-5-16-13/h4-9H,1-3H3,(H,16,18)/b17-8+. The van der Waals surface area contributed by atoms with Gasteiger partial charge < -0.3 is 14.2 Å². The Labute approximate surface area is 122 Å². The van der Waals surface area contributed by atoms with Crippen molar-refractivity contribution in [2.45, 2.75) is 0 Å². The quantitative estimate of drug-likeness (QED) is 0.646. The second-order valence-corrected chi connectivity index (χ2v) is 3.92. The zero-order valence-electron chi connectivity index (χ0n) is 12.0. The van der Waals surface area contributed by atoms with Crippen LogP contribution in [0.25, 0.3) is 0 Å². The van der Waals surface area contributed by atoms with E-state index in [0.717, 1.165) is 5.56 Å². The third kappa shape index (κ3) is 3.59. The van der Waals surface area contributed by atoms with E-state index < -0.39 is 0 Å². The minimum atomic E-state index is 0.541. The Hall–Kier alpha value is -2.83. The Bertz CT molecular complexity index is 592. The fourth-order valence-electron chi connectivity index (χ4n) is 1.71. The molecule has 0 saturated carbocycles. The zero-order chi connectivity index (χ0) is 15.1. The number of aromatic nitrogens is 2. The molecule has 0 aliphatic carbocycles. The van der Waals surface area contributed by atoms with Gasteiger partial charge in [-0.2, -0.15) is 5.10 Å². The normalized spacial score (nSPS) is 10.4. The maximum atomic E-state index is 5.27. The van der Waals surface area contributed by atoms with E-state index >= 15 is 0 Å². The largest absolute Gasteiger partial charge is 0.493 e. The minimum Gasteiger partial charge on any atom is -0.493 e. The van der Waals surface area contributed by atoms with Crippen molar-refractivity contribution < 1.29 is 14.2 Å². The van der Waals surface area contributed by atoms with Crippen LogP contribution in [0.1, 0.15) is 5.56 Å². The maximum Gasteiger partial charge on any atom is 0.203 e. The first-order chi connectivity index (χ1) is 10.3. The zero-order valence-corrected chi connectivity index (χ0v) is 12.0. The van der Waals surface area contributed by atoms with Crippen LogP contribution in [0.5, 0.6) is 17.2 Å². The average molecular weight is 288 g/mol. The Morgan fingerprint density at radius 1 is 1.05 bits per heavy atom. The molecule has 0 spiro atoms. The lowest BCUT2D eigenvalue weighted by Gasteiger charge is -2.12. The highest BCUT2D eigenvalue weighted by Gasteiger charge is 2.12. The minimum absolute atomic E-state index is 0.541. The molecule has 1 aromatic carbocycles. The molecule has 1 heterocycles. The maximum absolute atomic E-state index is 5.27. The SMILES string of the molecule is COc1cc(/C=N/Nc2cnccn2)cc(OC)c1OC. The van der Waals surface area contributed by atoms with E-state index in [-0.39, 0.29) is 0 Å². The van der Waals surface area contributed by atoms with Gasteiger partial charge in [0.15, 0.2) is 17.3 Å². The molecule has 21 heavy (non-hydrogen) atoms. The van der Waals surface area contributed by atoms with Crippen LogP contribution >= 0.6 is 0 Å². The number of rotatable bonds is 6. The Kier molecular flexibility index (Phi) is 4.92. The van der Waals surface area contributed by atoms with Crippen molar-refractivity contribution in [1.82, 2.24) is 9.97 Å². The molecular formula is C14H16N4O3. The molecule has 0 atom stereocenters. The van der Waals surface area contributed by atoms with Crippen molar-refractivity contribution in [3.8, 4) is 17.2 Å². The Morgan fingerprint density at radius 3 is 2.29 bits per heavy atom. The van der Waals surface area contributed by atoms with Gasteiger partial charge in [0.05, 0.1) is 33.7 Å². The smallest absolute Gasteiger partial charge is 0.203 e. The lowest BCUT2D eigenvalue weighted by atomic mass is 10.2. The highest BCUT2D eigenvalue weighted by molar-refractivity contribution is 5.82. The van der Waals surface area contributed by atoms with Crippen LogP contribution in [0.2, 0.25) is 0 Å². The molecule has 0 amide bonds.